The van der Waals surface area contributed by atoms with Gasteiger partial charge in [0.2, 0.25) is 0 Å². The number of hydrogen-bond donors (Lipinski definition) is 0. The fourth-order valence-corrected chi connectivity index (χ4v) is 2.24. The zero-order valence-corrected chi connectivity index (χ0v) is 9.11. The largest absolute Gasteiger partial charge is 0.290 e. The molecule has 1 unspecified atom stereocenters. The van der Waals surface area contributed by atoms with Gasteiger partial charge in [-0.15, -0.1) is 0 Å². The number of nitrogens with zero attached hydrogens (tertiary/aromatic N) is 2. The lowest BCUT2D eigenvalue weighted by Gasteiger charge is -2.33. The summed E-state index contributed by atoms with van der Waals surface area (Å²) in [4.78, 5) is 2.21. The second-order valence-corrected chi connectivity index (χ2v) is 4.09. The SMILES string of the molecule is CCN(CC#N)CC1Cc2ccccc21. The summed E-state index contributed by atoms with van der Waals surface area (Å²) in [7, 11) is 0. The third-order valence-electron chi connectivity index (χ3n) is 3.18. The maximum atomic E-state index is 8.67. The van der Waals surface area contributed by atoms with Gasteiger partial charge in [-0.3, -0.25) is 4.90 Å². The second-order valence-electron chi connectivity index (χ2n) is 4.09. The number of likely N-dealkylation sites (N-methyl/N-ethyl adjacent to an activating group) is 1. The Kier molecular flexibility index (Phi) is 3.03. The molecule has 0 aliphatic heterocycles. The Bertz CT molecular complexity index is 378. The Hall–Kier alpha value is -1.33. The fourth-order valence-electron chi connectivity index (χ4n) is 2.24. The number of benzene rings is 1. The van der Waals surface area contributed by atoms with Crippen LogP contribution in [-0.4, -0.2) is 24.5 Å². The van der Waals surface area contributed by atoms with Gasteiger partial charge in [-0.1, -0.05) is 31.2 Å². The highest BCUT2D eigenvalue weighted by Crippen LogP contribution is 2.35. The molecule has 0 heterocycles. The van der Waals surface area contributed by atoms with E-state index in [-0.39, 0.29) is 0 Å². The molecule has 2 rings (SSSR count). The van der Waals surface area contributed by atoms with Crippen LogP contribution in [0.2, 0.25) is 0 Å². The van der Waals surface area contributed by atoms with Crippen molar-refractivity contribution in [1.29, 1.82) is 5.26 Å². The molecule has 0 saturated carbocycles. The van der Waals surface area contributed by atoms with E-state index in [1.54, 1.807) is 0 Å². The summed E-state index contributed by atoms with van der Waals surface area (Å²) in [5.41, 5.74) is 2.96. The molecule has 0 saturated heterocycles. The molecule has 1 aliphatic carbocycles. The van der Waals surface area contributed by atoms with Crippen LogP contribution in [0.4, 0.5) is 0 Å². The topological polar surface area (TPSA) is 27.0 Å². The standard InChI is InChI=1S/C13H16N2/c1-2-15(8-7-14)10-12-9-11-5-3-4-6-13(11)12/h3-6,12H,2,8-10H2,1H3. The minimum Gasteiger partial charge on any atom is -0.290 e. The molecule has 2 heteroatoms. The highest BCUT2D eigenvalue weighted by molar-refractivity contribution is 5.40. The van der Waals surface area contributed by atoms with Crippen LogP contribution >= 0.6 is 0 Å². The molecule has 0 N–H and O–H groups in total. The minimum atomic E-state index is 0.551. The van der Waals surface area contributed by atoms with Gasteiger partial charge in [0.25, 0.3) is 0 Å². The first kappa shape index (κ1) is 10.2. The van der Waals surface area contributed by atoms with E-state index in [0.717, 1.165) is 13.1 Å². The zero-order chi connectivity index (χ0) is 10.7. The van der Waals surface area contributed by atoms with Crippen molar-refractivity contribution in [3.63, 3.8) is 0 Å². The van der Waals surface area contributed by atoms with Crippen molar-refractivity contribution >= 4 is 0 Å². The predicted molar refractivity (Wildman–Crippen MR) is 60.6 cm³/mol. The van der Waals surface area contributed by atoms with Crippen LogP contribution < -0.4 is 0 Å². The maximum absolute atomic E-state index is 8.67. The van der Waals surface area contributed by atoms with E-state index in [1.807, 2.05) is 0 Å². The molecule has 15 heavy (non-hydrogen) atoms. The number of rotatable bonds is 4. The highest BCUT2D eigenvalue weighted by Gasteiger charge is 2.26. The van der Waals surface area contributed by atoms with Gasteiger partial charge in [-0.05, 0) is 24.1 Å². The van der Waals surface area contributed by atoms with E-state index < -0.39 is 0 Å². The van der Waals surface area contributed by atoms with E-state index in [9.17, 15) is 0 Å². The maximum Gasteiger partial charge on any atom is 0.0866 e. The molecule has 78 valence electrons. The molecule has 1 aromatic carbocycles. The average molecular weight is 200 g/mol. The molecule has 2 nitrogen and oxygen atoms in total. The van der Waals surface area contributed by atoms with Gasteiger partial charge in [0.05, 0.1) is 12.6 Å². The smallest absolute Gasteiger partial charge is 0.0866 e. The van der Waals surface area contributed by atoms with Crippen molar-refractivity contribution in [2.24, 2.45) is 0 Å². The van der Waals surface area contributed by atoms with E-state index in [0.29, 0.717) is 12.5 Å². The highest BCUT2D eigenvalue weighted by atomic mass is 15.1. The van der Waals surface area contributed by atoms with Crippen LogP contribution in [0, 0.1) is 11.3 Å². The lowest BCUT2D eigenvalue weighted by molar-refractivity contribution is 0.288. The molecule has 0 aromatic heterocycles. The van der Waals surface area contributed by atoms with Gasteiger partial charge >= 0.3 is 0 Å². The summed E-state index contributed by atoms with van der Waals surface area (Å²) < 4.78 is 0. The molecular formula is C13H16N2. The minimum absolute atomic E-state index is 0.551. The third-order valence-corrected chi connectivity index (χ3v) is 3.18. The lowest BCUT2D eigenvalue weighted by Crippen LogP contribution is -2.33. The Balaban J connectivity index is 1.97. The fraction of sp³-hybridized carbons (Fsp3) is 0.462. The first-order chi connectivity index (χ1) is 7.35. The van der Waals surface area contributed by atoms with Crippen LogP contribution in [0.5, 0.6) is 0 Å². The Labute approximate surface area is 91.1 Å². The molecule has 0 spiro atoms. The monoisotopic (exact) mass is 200 g/mol. The van der Waals surface area contributed by atoms with Gasteiger partial charge in [0.15, 0.2) is 0 Å². The lowest BCUT2D eigenvalue weighted by atomic mass is 9.77. The molecule has 1 atom stereocenters. The summed E-state index contributed by atoms with van der Waals surface area (Å²) in [6.45, 7) is 4.66. The Morgan fingerprint density at radius 3 is 2.93 bits per heavy atom. The Morgan fingerprint density at radius 2 is 2.27 bits per heavy atom. The molecule has 0 bridgehead atoms. The van der Waals surface area contributed by atoms with Crippen molar-refractivity contribution in [1.82, 2.24) is 4.90 Å². The summed E-state index contributed by atoms with van der Waals surface area (Å²) >= 11 is 0. The van der Waals surface area contributed by atoms with Gasteiger partial charge < -0.3 is 0 Å². The molecular weight excluding hydrogens is 184 g/mol. The molecule has 0 radical (unpaired) electrons. The van der Waals surface area contributed by atoms with Crippen LogP contribution in [-0.2, 0) is 6.42 Å². The van der Waals surface area contributed by atoms with E-state index in [4.69, 9.17) is 5.26 Å². The third kappa shape index (κ3) is 2.03. The van der Waals surface area contributed by atoms with E-state index in [2.05, 4.69) is 42.2 Å². The zero-order valence-electron chi connectivity index (χ0n) is 9.11. The summed E-state index contributed by atoms with van der Waals surface area (Å²) in [6.07, 6.45) is 1.18. The quantitative estimate of drug-likeness (QED) is 0.696. The van der Waals surface area contributed by atoms with Gasteiger partial charge in [-0.2, -0.15) is 5.26 Å². The van der Waals surface area contributed by atoms with Crippen LogP contribution in [0.15, 0.2) is 24.3 Å². The number of nitriles is 1. The number of hydrogen-bond acceptors (Lipinski definition) is 2. The van der Waals surface area contributed by atoms with Crippen LogP contribution in [0.3, 0.4) is 0 Å². The second kappa shape index (κ2) is 4.46. The van der Waals surface area contributed by atoms with Crippen molar-refractivity contribution in [3.8, 4) is 6.07 Å². The van der Waals surface area contributed by atoms with E-state index in [1.165, 1.54) is 17.5 Å². The van der Waals surface area contributed by atoms with Gasteiger partial charge in [0, 0.05) is 12.5 Å². The average Bonchev–Trinajstić information content (AvgIpc) is 2.24. The van der Waals surface area contributed by atoms with E-state index >= 15 is 0 Å². The van der Waals surface area contributed by atoms with Crippen molar-refractivity contribution in [2.75, 3.05) is 19.6 Å². The first-order valence-electron chi connectivity index (χ1n) is 5.52. The normalized spacial score (nSPS) is 18.1. The first-order valence-corrected chi connectivity index (χ1v) is 5.52. The predicted octanol–water partition coefficient (Wildman–Crippen LogP) is 2.17. The number of fused-ring (bicyclic) bond motifs is 1. The van der Waals surface area contributed by atoms with Gasteiger partial charge in [0.1, 0.15) is 0 Å². The van der Waals surface area contributed by atoms with Crippen molar-refractivity contribution in [2.45, 2.75) is 19.3 Å². The van der Waals surface area contributed by atoms with Crippen LogP contribution in [0.25, 0.3) is 0 Å². The molecule has 0 fully saturated rings. The summed E-state index contributed by atoms with van der Waals surface area (Å²) in [5.74, 6) is 0.648. The van der Waals surface area contributed by atoms with Crippen molar-refractivity contribution in [3.05, 3.63) is 35.4 Å². The Morgan fingerprint density at radius 1 is 1.47 bits per heavy atom. The van der Waals surface area contributed by atoms with Crippen LogP contribution in [0.1, 0.15) is 24.0 Å². The molecule has 0 amide bonds. The van der Waals surface area contributed by atoms with Crippen molar-refractivity contribution < 1.29 is 0 Å². The van der Waals surface area contributed by atoms with Gasteiger partial charge in [-0.25, -0.2) is 0 Å². The molecule has 1 aliphatic rings. The summed E-state index contributed by atoms with van der Waals surface area (Å²) in [5, 5.41) is 8.67. The summed E-state index contributed by atoms with van der Waals surface area (Å²) in [6, 6.07) is 10.8. The molecule has 1 aromatic rings.